The molecule has 0 spiro atoms. The summed E-state index contributed by atoms with van der Waals surface area (Å²) in [5.41, 5.74) is 8.28. The van der Waals surface area contributed by atoms with E-state index in [4.69, 9.17) is 9.97 Å². The normalized spacial score (nSPS) is 12.1. The topological polar surface area (TPSA) is 30.7 Å². The molecule has 0 saturated carbocycles. The summed E-state index contributed by atoms with van der Waals surface area (Å²) in [7, 11) is 0. The van der Waals surface area contributed by atoms with Gasteiger partial charge < -0.3 is 0 Å². The van der Waals surface area contributed by atoms with Crippen molar-refractivity contribution in [3.8, 4) is 28.3 Å². The van der Waals surface area contributed by atoms with Gasteiger partial charge in [0.15, 0.2) is 11.6 Å². The summed E-state index contributed by atoms with van der Waals surface area (Å²) in [5, 5.41) is 9.93. The van der Waals surface area contributed by atoms with Crippen molar-refractivity contribution in [3.63, 3.8) is 0 Å². The average molecular weight is 688 g/mol. The van der Waals surface area contributed by atoms with Gasteiger partial charge in [-0.2, -0.15) is 0 Å². The fraction of sp³-hybridized carbons (Fsp3) is 0.0435. The first-order valence-electron chi connectivity index (χ1n) is 17.3. The Kier molecular flexibility index (Phi) is 6.13. The number of nitrogens with zero attached hydrogens (tertiary/aromatic N) is 3. The SMILES string of the molecule is Cc1ccccc1-c1cc(-c2nc(-n3c4ccccc4c4c5sc6ccccc6c5c5ccccc5c43)c3c(n2)sc2ccccc23)ccc1C. The van der Waals surface area contributed by atoms with E-state index in [1.165, 1.54) is 79.6 Å². The van der Waals surface area contributed by atoms with Crippen molar-refractivity contribution in [3.05, 3.63) is 151 Å². The number of fused-ring (bicyclic) bond motifs is 13. The Hall–Kier alpha value is -5.88. The Morgan fingerprint density at radius 1 is 0.490 bits per heavy atom. The maximum absolute atomic E-state index is 5.61. The summed E-state index contributed by atoms with van der Waals surface area (Å²) in [4.78, 5) is 11.9. The molecule has 0 fully saturated rings. The Balaban J connectivity index is 1.32. The van der Waals surface area contributed by atoms with Gasteiger partial charge in [0.2, 0.25) is 0 Å². The second-order valence-corrected chi connectivity index (χ2v) is 15.5. The third-order valence-electron chi connectivity index (χ3n) is 10.5. The molecule has 4 aromatic heterocycles. The minimum absolute atomic E-state index is 0.733. The fourth-order valence-corrected chi connectivity index (χ4v) is 10.5. The van der Waals surface area contributed by atoms with Crippen LogP contribution in [0.1, 0.15) is 11.1 Å². The van der Waals surface area contributed by atoms with Gasteiger partial charge in [-0.05, 0) is 65.8 Å². The lowest BCUT2D eigenvalue weighted by molar-refractivity contribution is 1.08. The lowest BCUT2D eigenvalue weighted by Crippen LogP contribution is -2.02. The molecule has 0 unspecified atom stereocenters. The minimum Gasteiger partial charge on any atom is -0.292 e. The lowest BCUT2D eigenvalue weighted by Gasteiger charge is -2.14. The predicted octanol–water partition coefficient (Wildman–Crippen LogP) is 13.4. The maximum Gasteiger partial charge on any atom is 0.163 e. The van der Waals surface area contributed by atoms with E-state index < -0.39 is 0 Å². The van der Waals surface area contributed by atoms with Crippen LogP contribution in [-0.2, 0) is 0 Å². The van der Waals surface area contributed by atoms with Crippen LogP contribution in [0.4, 0.5) is 0 Å². The highest BCUT2D eigenvalue weighted by molar-refractivity contribution is 7.27. The molecule has 0 saturated heterocycles. The van der Waals surface area contributed by atoms with Gasteiger partial charge in [-0.25, -0.2) is 9.97 Å². The molecule has 0 aliphatic rings. The van der Waals surface area contributed by atoms with Crippen molar-refractivity contribution < 1.29 is 0 Å². The van der Waals surface area contributed by atoms with Crippen molar-refractivity contribution in [2.45, 2.75) is 13.8 Å². The van der Waals surface area contributed by atoms with Gasteiger partial charge in [0.1, 0.15) is 4.83 Å². The number of aromatic nitrogens is 3. The zero-order chi connectivity index (χ0) is 33.8. The predicted molar refractivity (Wildman–Crippen MR) is 220 cm³/mol. The zero-order valence-corrected chi connectivity index (χ0v) is 29.6. The second kappa shape index (κ2) is 10.8. The molecule has 0 atom stereocenters. The molecule has 0 aliphatic carbocycles. The number of benzene rings is 7. The first-order chi connectivity index (χ1) is 25.1. The van der Waals surface area contributed by atoms with Gasteiger partial charge in [-0.1, -0.05) is 115 Å². The van der Waals surface area contributed by atoms with Crippen molar-refractivity contribution in [1.82, 2.24) is 14.5 Å². The zero-order valence-electron chi connectivity index (χ0n) is 27.9. The van der Waals surface area contributed by atoms with E-state index in [0.717, 1.165) is 32.9 Å². The smallest absolute Gasteiger partial charge is 0.163 e. The molecule has 4 heterocycles. The number of thiophene rings is 2. The van der Waals surface area contributed by atoms with Crippen LogP contribution in [0.2, 0.25) is 0 Å². The summed E-state index contributed by atoms with van der Waals surface area (Å²) in [6, 6.07) is 50.6. The molecule has 3 nitrogen and oxygen atoms in total. The molecule has 0 aliphatic heterocycles. The Bertz CT molecular complexity index is 3230. The van der Waals surface area contributed by atoms with Gasteiger partial charge in [-0.3, -0.25) is 4.57 Å². The van der Waals surface area contributed by atoms with Crippen LogP contribution in [0.3, 0.4) is 0 Å². The van der Waals surface area contributed by atoms with Gasteiger partial charge in [0, 0.05) is 52.0 Å². The molecule has 0 bridgehead atoms. The van der Waals surface area contributed by atoms with E-state index in [9.17, 15) is 0 Å². The van der Waals surface area contributed by atoms with Crippen LogP contribution in [-0.4, -0.2) is 14.5 Å². The summed E-state index contributed by atoms with van der Waals surface area (Å²) in [6.45, 7) is 4.37. The summed E-state index contributed by atoms with van der Waals surface area (Å²) in [5.74, 6) is 1.65. The monoisotopic (exact) mass is 687 g/mol. The molecule has 0 N–H and O–H groups in total. The molecule has 240 valence electrons. The number of aryl methyl sites for hydroxylation is 2. The average Bonchev–Trinajstić information content (AvgIpc) is 3.85. The van der Waals surface area contributed by atoms with Crippen LogP contribution in [0.5, 0.6) is 0 Å². The highest BCUT2D eigenvalue weighted by Gasteiger charge is 2.25. The lowest BCUT2D eigenvalue weighted by atomic mass is 9.95. The van der Waals surface area contributed by atoms with Gasteiger partial charge >= 0.3 is 0 Å². The van der Waals surface area contributed by atoms with Crippen LogP contribution in [0.15, 0.2) is 140 Å². The van der Waals surface area contributed by atoms with E-state index >= 15 is 0 Å². The largest absolute Gasteiger partial charge is 0.292 e. The summed E-state index contributed by atoms with van der Waals surface area (Å²) in [6.07, 6.45) is 0. The van der Waals surface area contributed by atoms with Crippen molar-refractivity contribution in [2.24, 2.45) is 0 Å². The Labute approximate surface area is 301 Å². The van der Waals surface area contributed by atoms with Crippen LogP contribution < -0.4 is 0 Å². The quantitative estimate of drug-likeness (QED) is 0.185. The van der Waals surface area contributed by atoms with E-state index in [1.807, 2.05) is 11.3 Å². The highest BCUT2D eigenvalue weighted by Crippen LogP contribution is 2.49. The first-order valence-corrected chi connectivity index (χ1v) is 18.9. The van der Waals surface area contributed by atoms with E-state index in [2.05, 4.69) is 158 Å². The van der Waals surface area contributed by atoms with Gasteiger partial charge in [0.05, 0.1) is 16.4 Å². The van der Waals surface area contributed by atoms with Crippen molar-refractivity contribution >= 4 is 95.7 Å². The molecule has 11 rings (SSSR count). The summed E-state index contributed by atoms with van der Waals surface area (Å²) < 4.78 is 6.28. The Morgan fingerprint density at radius 2 is 1.12 bits per heavy atom. The molecule has 11 aromatic rings. The van der Waals surface area contributed by atoms with Crippen LogP contribution in [0.25, 0.3) is 101 Å². The molecule has 51 heavy (non-hydrogen) atoms. The maximum atomic E-state index is 5.61. The van der Waals surface area contributed by atoms with Gasteiger partial charge in [0.25, 0.3) is 0 Å². The van der Waals surface area contributed by atoms with Gasteiger partial charge in [-0.15, -0.1) is 22.7 Å². The minimum atomic E-state index is 0.733. The molecule has 0 amide bonds. The Morgan fingerprint density at radius 3 is 1.92 bits per heavy atom. The number of rotatable bonds is 3. The number of hydrogen-bond donors (Lipinski definition) is 0. The molecule has 5 heteroatoms. The number of hydrogen-bond acceptors (Lipinski definition) is 4. The number of para-hydroxylation sites is 1. The molecule has 0 radical (unpaired) electrons. The fourth-order valence-electron chi connectivity index (χ4n) is 8.16. The summed E-state index contributed by atoms with van der Waals surface area (Å²) >= 11 is 3.64. The van der Waals surface area contributed by atoms with E-state index in [1.54, 1.807) is 11.3 Å². The molecule has 7 aromatic carbocycles. The van der Waals surface area contributed by atoms with Crippen LogP contribution in [0, 0.1) is 13.8 Å². The third-order valence-corrected chi connectivity index (χ3v) is 12.8. The first kappa shape index (κ1) is 28.9. The van der Waals surface area contributed by atoms with Crippen molar-refractivity contribution in [1.29, 1.82) is 0 Å². The second-order valence-electron chi connectivity index (χ2n) is 13.4. The third kappa shape index (κ3) is 4.10. The van der Waals surface area contributed by atoms with E-state index in [-0.39, 0.29) is 0 Å². The highest BCUT2D eigenvalue weighted by atomic mass is 32.1. The molecular formula is C46H29N3S2. The van der Waals surface area contributed by atoms with Crippen LogP contribution >= 0.6 is 22.7 Å². The van der Waals surface area contributed by atoms with Crippen molar-refractivity contribution in [2.75, 3.05) is 0 Å². The van der Waals surface area contributed by atoms with E-state index in [0.29, 0.717) is 0 Å². The molecular weight excluding hydrogens is 659 g/mol. The standard InChI is InChI=1S/C46H29N3S2/c1-26-13-3-4-14-29(26)35-25-28(24-23-27(35)2)44-47-45(41-34-19-9-12-22-38(34)51-46(41)48-44)49-36-20-10-7-17-32(36)40-42(49)31-16-6-5-15-30(31)39-33-18-8-11-21-37(33)50-43(39)40/h3-25H,1-2H3.